The summed E-state index contributed by atoms with van der Waals surface area (Å²) >= 11 is 0. The van der Waals surface area contributed by atoms with Crippen molar-refractivity contribution in [3.05, 3.63) is 0 Å². The maximum atomic E-state index is 11.8. The zero-order valence-electron chi connectivity index (χ0n) is 10.5. The molecule has 0 atom stereocenters. The predicted octanol–water partition coefficient (Wildman–Crippen LogP) is 0.663. The molecule has 0 unspecified atom stereocenters. The van der Waals surface area contributed by atoms with Crippen molar-refractivity contribution < 1.29 is 18.0 Å². The highest BCUT2D eigenvalue weighted by Crippen LogP contribution is 2.22. The lowest BCUT2D eigenvalue weighted by Crippen LogP contribution is -2.45. The van der Waals surface area contributed by atoms with E-state index in [4.69, 9.17) is 9.57 Å². The normalized spacial score (nSPS) is 18.8. The van der Waals surface area contributed by atoms with Crippen LogP contribution >= 0.6 is 0 Å². The Hall–Kier alpha value is -0.210. The largest absolute Gasteiger partial charge is 0.382 e. The standard InChI is InChI=1S/C10H22N2O4S/c1-12(10-6-4-3-5-7-10)17(13,14)11-16-9-8-15-2/h10-11H,3-9H2,1-2H3. The molecule has 0 saturated heterocycles. The third-order valence-electron chi connectivity index (χ3n) is 3.02. The Morgan fingerprint density at radius 1 is 1.24 bits per heavy atom. The van der Waals surface area contributed by atoms with Gasteiger partial charge in [0.2, 0.25) is 0 Å². The smallest absolute Gasteiger partial charge is 0.301 e. The Morgan fingerprint density at radius 2 is 1.88 bits per heavy atom. The van der Waals surface area contributed by atoms with Crippen LogP contribution in [-0.2, 0) is 19.8 Å². The monoisotopic (exact) mass is 266 g/mol. The number of ether oxygens (including phenoxy) is 1. The molecule has 1 aliphatic carbocycles. The van der Waals surface area contributed by atoms with E-state index in [1.807, 2.05) is 0 Å². The number of nitrogens with zero attached hydrogens (tertiary/aromatic N) is 1. The Bertz CT molecular complexity index is 301. The summed E-state index contributed by atoms with van der Waals surface area (Å²) in [5.41, 5.74) is 0. The van der Waals surface area contributed by atoms with Gasteiger partial charge in [0.05, 0.1) is 13.2 Å². The van der Waals surface area contributed by atoms with Gasteiger partial charge in [-0.2, -0.15) is 12.7 Å². The minimum absolute atomic E-state index is 0.0901. The average Bonchev–Trinajstić information content (AvgIpc) is 2.35. The van der Waals surface area contributed by atoms with Crippen molar-refractivity contribution in [1.82, 2.24) is 9.19 Å². The molecule has 1 fully saturated rings. The third kappa shape index (κ3) is 4.89. The van der Waals surface area contributed by atoms with Crippen LogP contribution in [-0.4, -0.2) is 46.1 Å². The molecule has 0 amide bonds. The first-order chi connectivity index (χ1) is 8.08. The van der Waals surface area contributed by atoms with Gasteiger partial charge < -0.3 is 4.74 Å². The topological polar surface area (TPSA) is 67.9 Å². The third-order valence-corrected chi connectivity index (χ3v) is 4.41. The van der Waals surface area contributed by atoms with Crippen LogP contribution < -0.4 is 4.89 Å². The number of hydrogen-bond donors (Lipinski definition) is 1. The molecule has 0 aromatic rings. The van der Waals surface area contributed by atoms with Gasteiger partial charge in [0.15, 0.2) is 0 Å². The maximum absolute atomic E-state index is 11.8. The summed E-state index contributed by atoms with van der Waals surface area (Å²) in [6, 6.07) is 0.0901. The van der Waals surface area contributed by atoms with E-state index in [1.54, 1.807) is 7.05 Å². The molecule has 0 spiro atoms. The van der Waals surface area contributed by atoms with Crippen molar-refractivity contribution in [2.75, 3.05) is 27.4 Å². The zero-order valence-corrected chi connectivity index (χ0v) is 11.3. The molecular weight excluding hydrogens is 244 g/mol. The van der Waals surface area contributed by atoms with Crippen LogP contribution in [0.4, 0.5) is 0 Å². The fourth-order valence-corrected chi connectivity index (χ4v) is 2.89. The first-order valence-electron chi connectivity index (χ1n) is 5.93. The lowest BCUT2D eigenvalue weighted by molar-refractivity contribution is 0.0403. The second-order valence-electron chi connectivity index (χ2n) is 4.24. The van der Waals surface area contributed by atoms with E-state index < -0.39 is 10.2 Å². The van der Waals surface area contributed by atoms with Gasteiger partial charge >= 0.3 is 10.2 Å². The summed E-state index contributed by atoms with van der Waals surface area (Å²) in [5, 5.41) is 0. The highest BCUT2D eigenvalue weighted by Gasteiger charge is 2.27. The Kier molecular flexibility index (Phi) is 6.35. The quantitative estimate of drug-likeness (QED) is 0.543. The minimum atomic E-state index is -3.53. The summed E-state index contributed by atoms with van der Waals surface area (Å²) in [7, 11) is -0.406. The van der Waals surface area contributed by atoms with Gasteiger partial charge in [0.1, 0.15) is 0 Å². The molecule has 17 heavy (non-hydrogen) atoms. The number of nitrogens with one attached hydrogen (secondary N) is 1. The van der Waals surface area contributed by atoms with E-state index >= 15 is 0 Å². The molecule has 7 heteroatoms. The van der Waals surface area contributed by atoms with Gasteiger partial charge in [0.25, 0.3) is 0 Å². The average molecular weight is 266 g/mol. The molecule has 0 aromatic heterocycles. The number of rotatable bonds is 7. The highest BCUT2D eigenvalue weighted by atomic mass is 32.2. The molecule has 0 radical (unpaired) electrons. The van der Waals surface area contributed by atoms with Crippen LogP contribution in [0.3, 0.4) is 0 Å². The number of methoxy groups -OCH3 is 1. The molecule has 1 aliphatic rings. The van der Waals surface area contributed by atoms with Gasteiger partial charge in [-0.1, -0.05) is 24.1 Å². The fraction of sp³-hybridized carbons (Fsp3) is 1.00. The van der Waals surface area contributed by atoms with E-state index in [0.29, 0.717) is 6.61 Å². The lowest BCUT2D eigenvalue weighted by atomic mass is 9.96. The minimum Gasteiger partial charge on any atom is -0.382 e. The van der Waals surface area contributed by atoms with Gasteiger partial charge in [-0.05, 0) is 12.8 Å². The SMILES string of the molecule is COCCONS(=O)(=O)N(C)C1CCCCC1. The fourth-order valence-electron chi connectivity index (χ4n) is 1.94. The van der Waals surface area contributed by atoms with E-state index in [0.717, 1.165) is 25.7 Å². The van der Waals surface area contributed by atoms with Crippen LogP contribution in [0.2, 0.25) is 0 Å². The summed E-state index contributed by atoms with van der Waals surface area (Å²) in [5.74, 6) is 0. The molecule has 0 bridgehead atoms. The van der Waals surface area contributed by atoms with Gasteiger partial charge in [-0.25, -0.2) is 0 Å². The summed E-state index contributed by atoms with van der Waals surface area (Å²) < 4.78 is 29.8. The van der Waals surface area contributed by atoms with Crippen LogP contribution in [0.15, 0.2) is 0 Å². The van der Waals surface area contributed by atoms with E-state index in [-0.39, 0.29) is 12.6 Å². The van der Waals surface area contributed by atoms with Crippen molar-refractivity contribution in [2.24, 2.45) is 0 Å². The first kappa shape index (κ1) is 14.8. The van der Waals surface area contributed by atoms with E-state index in [1.165, 1.54) is 17.8 Å². The molecule has 0 aromatic carbocycles. The van der Waals surface area contributed by atoms with E-state index in [9.17, 15) is 8.42 Å². The molecule has 0 aliphatic heterocycles. The maximum Gasteiger partial charge on any atom is 0.301 e. The van der Waals surface area contributed by atoms with Crippen LogP contribution in [0.5, 0.6) is 0 Å². The van der Waals surface area contributed by atoms with Crippen molar-refractivity contribution in [3.63, 3.8) is 0 Å². The second kappa shape index (κ2) is 7.27. The van der Waals surface area contributed by atoms with Gasteiger partial charge in [-0.15, -0.1) is 0 Å². The first-order valence-corrected chi connectivity index (χ1v) is 7.37. The van der Waals surface area contributed by atoms with Crippen molar-refractivity contribution >= 4 is 10.2 Å². The molecule has 0 heterocycles. The van der Waals surface area contributed by atoms with Crippen molar-refractivity contribution in [1.29, 1.82) is 0 Å². The Balaban J connectivity index is 2.39. The molecule has 1 rings (SSSR count). The Morgan fingerprint density at radius 3 is 2.47 bits per heavy atom. The van der Waals surface area contributed by atoms with Crippen LogP contribution in [0, 0.1) is 0 Å². The zero-order chi connectivity index (χ0) is 12.7. The van der Waals surface area contributed by atoms with E-state index in [2.05, 4.69) is 4.89 Å². The Labute approximate surface area is 103 Å². The van der Waals surface area contributed by atoms with Gasteiger partial charge in [-0.3, -0.25) is 4.84 Å². The van der Waals surface area contributed by atoms with Crippen LogP contribution in [0.1, 0.15) is 32.1 Å². The summed E-state index contributed by atoms with van der Waals surface area (Å²) in [6.07, 6.45) is 5.23. The lowest BCUT2D eigenvalue weighted by Gasteiger charge is -2.30. The van der Waals surface area contributed by atoms with Crippen molar-refractivity contribution in [2.45, 2.75) is 38.1 Å². The summed E-state index contributed by atoms with van der Waals surface area (Å²) in [4.78, 5) is 6.96. The molecule has 1 N–H and O–H groups in total. The molecule has 102 valence electrons. The number of hydrogen-bond acceptors (Lipinski definition) is 4. The van der Waals surface area contributed by atoms with Crippen LogP contribution in [0.25, 0.3) is 0 Å². The molecule has 6 nitrogen and oxygen atoms in total. The second-order valence-corrected chi connectivity index (χ2v) is 5.93. The van der Waals surface area contributed by atoms with Gasteiger partial charge in [0, 0.05) is 20.2 Å². The predicted molar refractivity (Wildman–Crippen MR) is 64.5 cm³/mol. The summed E-state index contributed by atoms with van der Waals surface area (Å²) in [6.45, 7) is 0.559. The molecule has 1 saturated carbocycles. The molecular formula is C10H22N2O4S. The highest BCUT2D eigenvalue weighted by molar-refractivity contribution is 7.87. The van der Waals surface area contributed by atoms with Crippen molar-refractivity contribution in [3.8, 4) is 0 Å².